The van der Waals surface area contributed by atoms with Crippen LogP contribution >= 0.6 is 0 Å². The second-order valence-electron chi connectivity index (χ2n) is 5.07. The molecule has 1 N–H and O–H groups in total. The molecule has 98 valence electrons. The van der Waals surface area contributed by atoms with Gasteiger partial charge in [-0.3, -0.25) is 4.79 Å². The number of rotatable bonds is 3. The number of carbonyl (C=O) groups is 1. The van der Waals surface area contributed by atoms with Crippen LogP contribution in [-0.4, -0.2) is 42.2 Å². The Morgan fingerprint density at radius 2 is 2.12 bits per heavy atom. The monoisotopic (exact) mass is 262 g/mol. The van der Waals surface area contributed by atoms with Crippen LogP contribution in [0.5, 0.6) is 0 Å². The number of carboxylic acid groups (broad SMARTS) is 1. The fraction of sp³-hybridized carbons (Fsp3) is 0.909. The molecule has 2 fully saturated rings. The van der Waals surface area contributed by atoms with E-state index in [0.717, 1.165) is 19.3 Å². The van der Waals surface area contributed by atoms with Crippen LogP contribution in [0, 0.1) is 0 Å². The Kier molecular flexibility index (Phi) is 3.20. The van der Waals surface area contributed by atoms with E-state index in [9.17, 15) is 13.2 Å². The van der Waals surface area contributed by atoms with Gasteiger partial charge in [0, 0.05) is 6.61 Å². The van der Waals surface area contributed by atoms with Gasteiger partial charge in [0.15, 0.2) is 15.1 Å². The number of ether oxygens (including phenoxy) is 1. The van der Waals surface area contributed by atoms with Gasteiger partial charge in [0.2, 0.25) is 0 Å². The highest BCUT2D eigenvalue weighted by molar-refractivity contribution is 7.93. The van der Waals surface area contributed by atoms with Gasteiger partial charge < -0.3 is 9.84 Å². The van der Waals surface area contributed by atoms with Crippen molar-refractivity contribution in [3.05, 3.63) is 0 Å². The highest BCUT2D eigenvalue weighted by Crippen LogP contribution is 2.44. The lowest BCUT2D eigenvalue weighted by atomic mass is 9.75. The first-order valence-corrected chi connectivity index (χ1v) is 7.58. The Labute approximate surface area is 101 Å². The van der Waals surface area contributed by atoms with E-state index in [4.69, 9.17) is 9.84 Å². The second-order valence-corrected chi connectivity index (χ2v) is 7.62. The highest BCUT2D eigenvalue weighted by atomic mass is 32.2. The van der Waals surface area contributed by atoms with E-state index in [1.165, 1.54) is 6.92 Å². The molecule has 0 aromatic carbocycles. The van der Waals surface area contributed by atoms with E-state index < -0.39 is 26.3 Å². The SMILES string of the molecule is CC(C(=O)O)S(=O)(=O)C1CCOC2(CCC2)C1. The van der Waals surface area contributed by atoms with Crippen LogP contribution in [-0.2, 0) is 19.4 Å². The fourth-order valence-electron chi connectivity index (χ4n) is 2.61. The molecule has 2 aliphatic rings. The Balaban J connectivity index is 2.14. The van der Waals surface area contributed by atoms with Crippen molar-refractivity contribution in [3.63, 3.8) is 0 Å². The van der Waals surface area contributed by atoms with Crippen LogP contribution in [0.15, 0.2) is 0 Å². The first kappa shape index (κ1) is 12.8. The molecule has 1 spiro atoms. The van der Waals surface area contributed by atoms with Crippen LogP contribution < -0.4 is 0 Å². The molecule has 0 aromatic rings. The predicted molar refractivity (Wildman–Crippen MR) is 61.6 cm³/mol. The molecule has 1 aliphatic heterocycles. The first-order valence-electron chi connectivity index (χ1n) is 5.97. The molecule has 1 heterocycles. The minimum Gasteiger partial charge on any atom is -0.480 e. The maximum absolute atomic E-state index is 12.1. The summed E-state index contributed by atoms with van der Waals surface area (Å²) in [5.74, 6) is -1.26. The van der Waals surface area contributed by atoms with Gasteiger partial charge in [-0.1, -0.05) is 0 Å². The zero-order valence-corrected chi connectivity index (χ0v) is 10.7. The van der Waals surface area contributed by atoms with Gasteiger partial charge in [-0.05, 0) is 39.0 Å². The summed E-state index contributed by atoms with van der Waals surface area (Å²) in [6.45, 7) is 1.68. The summed E-state index contributed by atoms with van der Waals surface area (Å²) in [5, 5.41) is 6.97. The molecule has 6 heteroatoms. The van der Waals surface area contributed by atoms with Crippen molar-refractivity contribution in [2.45, 2.75) is 55.1 Å². The van der Waals surface area contributed by atoms with E-state index in [1.54, 1.807) is 0 Å². The van der Waals surface area contributed by atoms with Crippen molar-refractivity contribution in [3.8, 4) is 0 Å². The molecule has 2 atom stereocenters. The molecule has 0 amide bonds. The number of hydrogen-bond donors (Lipinski definition) is 1. The molecular formula is C11H18O5S. The van der Waals surface area contributed by atoms with Crippen LogP contribution in [0.3, 0.4) is 0 Å². The van der Waals surface area contributed by atoms with E-state index in [0.29, 0.717) is 19.4 Å². The zero-order valence-electron chi connectivity index (χ0n) is 9.89. The van der Waals surface area contributed by atoms with E-state index in [2.05, 4.69) is 0 Å². The summed E-state index contributed by atoms with van der Waals surface area (Å²) in [6, 6.07) is 0. The standard InChI is InChI=1S/C11H18O5S/c1-8(10(12)13)17(14,15)9-3-6-16-11(7-9)4-2-5-11/h8-9H,2-7H2,1H3,(H,12,13). The third kappa shape index (κ3) is 2.20. The normalized spacial score (nSPS) is 29.6. The molecule has 0 bridgehead atoms. The molecule has 0 radical (unpaired) electrons. The summed E-state index contributed by atoms with van der Waals surface area (Å²) in [4.78, 5) is 10.8. The molecule has 1 saturated carbocycles. The largest absolute Gasteiger partial charge is 0.480 e. The van der Waals surface area contributed by atoms with Gasteiger partial charge in [0.05, 0.1) is 10.9 Å². The van der Waals surface area contributed by atoms with Crippen molar-refractivity contribution in [2.75, 3.05) is 6.61 Å². The average Bonchev–Trinajstić information content (AvgIpc) is 2.26. The number of sulfone groups is 1. The number of carboxylic acids is 1. The lowest BCUT2D eigenvalue weighted by Crippen LogP contribution is -2.50. The van der Waals surface area contributed by atoms with Gasteiger partial charge in [-0.25, -0.2) is 8.42 Å². The summed E-state index contributed by atoms with van der Waals surface area (Å²) in [5.41, 5.74) is -0.270. The third-order valence-electron chi connectivity index (χ3n) is 4.02. The van der Waals surface area contributed by atoms with Crippen LogP contribution in [0.2, 0.25) is 0 Å². The quantitative estimate of drug-likeness (QED) is 0.820. The lowest BCUT2D eigenvalue weighted by Gasteiger charge is -2.47. The molecule has 0 aromatic heterocycles. The lowest BCUT2D eigenvalue weighted by molar-refractivity contribution is -0.136. The minimum atomic E-state index is -3.59. The summed E-state index contributed by atoms with van der Waals surface area (Å²) in [6.07, 6.45) is 3.76. The van der Waals surface area contributed by atoms with Crippen LogP contribution in [0.25, 0.3) is 0 Å². The Morgan fingerprint density at radius 1 is 1.47 bits per heavy atom. The van der Waals surface area contributed by atoms with Crippen molar-refractivity contribution in [1.82, 2.24) is 0 Å². The second kappa shape index (κ2) is 4.24. The smallest absolute Gasteiger partial charge is 0.321 e. The molecule has 1 saturated heterocycles. The molecule has 5 nitrogen and oxygen atoms in total. The van der Waals surface area contributed by atoms with Gasteiger partial charge in [-0.15, -0.1) is 0 Å². The van der Waals surface area contributed by atoms with E-state index in [-0.39, 0.29) is 5.60 Å². The zero-order chi connectivity index (χ0) is 12.7. The topological polar surface area (TPSA) is 80.7 Å². The molecule has 2 unspecified atom stereocenters. The van der Waals surface area contributed by atoms with Crippen molar-refractivity contribution in [2.24, 2.45) is 0 Å². The van der Waals surface area contributed by atoms with Crippen LogP contribution in [0.4, 0.5) is 0 Å². The maximum Gasteiger partial charge on any atom is 0.321 e. The summed E-state index contributed by atoms with van der Waals surface area (Å²) >= 11 is 0. The van der Waals surface area contributed by atoms with Gasteiger partial charge in [-0.2, -0.15) is 0 Å². The Hall–Kier alpha value is -0.620. The molecule has 1 aliphatic carbocycles. The number of aliphatic carboxylic acids is 1. The molecule has 2 rings (SSSR count). The minimum absolute atomic E-state index is 0.270. The summed E-state index contributed by atoms with van der Waals surface area (Å²) in [7, 11) is -3.59. The number of hydrogen-bond acceptors (Lipinski definition) is 4. The first-order chi connectivity index (χ1) is 7.87. The summed E-state index contributed by atoms with van der Waals surface area (Å²) < 4.78 is 29.9. The predicted octanol–water partition coefficient (Wildman–Crippen LogP) is 0.976. The van der Waals surface area contributed by atoms with Gasteiger partial charge >= 0.3 is 5.97 Å². The maximum atomic E-state index is 12.1. The van der Waals surface area contributed by atoms with Gasteiger partial charge in [0.25, 0.3) is 0 Å². The Bertz CT molecular complexity index is 410. The van der Waals surface area contributed by atoms with E-state index in [1.807, 2.05) is 0 Å². The van der Waals surface area contributed by atoms with Gasteiger partial charge in [0.1, 0.15) is 0 Å². The van der Waals surface area contributed by atoms with Crippen LogP contribution in [0.1, 0.15) is 39.0 Å². The van der Waals surface area contributed by atoms with E-state index >= 15 is 0 Å². The van der Waals surface area contributed by atoms with Crippen molar-refractivity contribution < 1.29 is 23.1 Å². The Morgan fingerprint density at radius 3 is 2.59 bits per heavy atom. The fourth-order valence-corrected chi connectivity index (χ4v) is 4.43. The average molecular weight is 262 g/mol. The highest BCUT2D eigenvalue weighted by Gasteiger charge is 2.48. The molecule has 17 heavy (non-hydrogen) atoms. The van der Waals surface area contributed by atoms with Crippen molar-refractivity contribution >= 4 is 15.8 Å². The van der Waals surface area contributed by atoms with Crippen molar-refractivity contribution in [1.29, 1.82) is 0 Å². The third-order valence-corrected chi connectivity index (χ3v) is 6.54. The molecular weight excluding hydrogens is 244 g/mol.